The summed E-state index contributed by atoms with van der Waals surface area (Å²) in [5.74, 6) is 0.656. The van der Waals surface area contributed by atoms with Crippen LogP contribution in [0.15, 0.2) is 47.1 Å². The molecule has 0 aliphatic rings. The van der Waals surface area contributed by atoms with Crippen molar-refractivity contribution >= 4 is 15.9 Å². The van der Waals surface area contributed by atoms with Crippen LogP contribution >= 0.6 is 15.9 Å². The van der Waals surface area contributed by atoms with E-state index >= 15 is 0 Å². The lowest BCUT2D eigenvalue weighted by atomic mass is 10.1. The molecule has 0 atom stereocenters. The minimum absolute atomic E-state index is 0.0978. The summed E-state index contributed by atoms with van der Waals surface area (Å²) in [4.78, 5) is 4.26. The largest absolute Gasteiger partial charge is 0.473 e. The summed E-state index contributed by atoms with van der Waals surface area (Å²) in [7, 11) is 0. The number of aromatic nitrogens is 1. The van der Waals surface area contributed by atoms with Crippen molar-refractivity contribution in [2.75, 3.05) is 0 Å². The van der Waals surface area contributed by atoms with Crippen molar-refractivity contribution in [2.24, 2.45) is 0 Å². The van der Waals surface area contributed by atoms with Crippen LogP contribution in [0.3, 0.4) is 0 Å². The number of ether oxygens (including phenoxy) is 1. The van der Waals surface area contributed by atoms with Crippen LogP contribution in [0.25, 0.3) is 0 Å². The third kappa shape index (κ3) is 5.86. The van der Waals surface area contributed by atoms with Crippen LogP contribution in [-0.2, 0) is 13.2 Å². The second-order valence-electron chi connectivity index (χ2n) is 6.02. The normalized spacial score (nSPS) is 11.4. The summed E-state index contributed by atoms with van der Waals surface area (Å²) in [5.41, 5.74) is 2.38. The van der Waals surface area contributed by atoms with Gasteiger partial charge in [0.15, 0.2) is 0 Å². The monoisotopic (exact) mass is 348 g/mol. The SMILES string of the molecule is CC(C)(C)NCc1ccnc(OCc2cccc(Br)c2)c1. The first-order chi connectivity index (χ1) is 9.92. The average Bonchev–Trinajstić information content (AvgIpc) is 2.43. The van der Waals surface area contributed by atoms with Gasteiger partial charge in [-0.05, 0) is 50.1 Å². The Morgan fingerprint density at radius 1 is 1.14 bits per heavy atom. The predicted octanol–water partition coefficient (Wildman–Crippen LogP) is 4.31. The van der Waals surface area contributed by atoms with Crippen molar-refractivity contribution in [1.29, 1.82) is 0 Å². The van der Waals surface area contributed by atoms with Gasteiger partial charge in [-0.15, -0.1) is 0 Å². The predicted molar refractivity (Wildman–Crippen MR) is 89.3 cm³/mol. The van der Waals surface area contributed by atoms with Crippen LogP contribution in [0.1, 0.15) is 31.9 Å². The minimum Gasteiger partial charge on any atom is -0.473 e. The molecule has 1 aromatic heterocycles. The maximum Gasteiger partial charge on any atom is 0.213 e. The molecule has 1 aromatic carbocycles. The van der Waals surface area contributed by atoms with Crippen molar-refractivity contribution in [3.8, 4) is 5.88 Å². The van der Waals surface area contributed by atoms with Crippen LogP contribution in [-0.4, -0.2) is 10.5 Å². The maximum atomic E-state index is 5.76. The van der Waals surface area contributed by atoms with E-state index in [1.807, 2.05) is 36.4 Å². The fraction of sp³-hybridized carbons (Fsp3) is 0.353. The molecule has 0 aliphatic carbocycles. The van der Waals surface area contributed by atoms with Crippen molar-refractivity contribution in [2.45, 2.75) is 39.5 Å². The first-order valence-electron chi connectivity index (χ1n) is 6.99. The van der Waals surface area contributed by atoms with Gasteiger partial charge in [0.25, 0.3) is 0 Å². The van der Waals surface area contributed by atoms with Crippen molar-refractivity contribution in [1.82, 2.24) is 10.3 Å². The molecular weight excluding hydrogens is 328 g/mol. The smallest absolute Gasteiger partial charge is 0.213 e. The molecule has 4 heteroatoms. The van der Waals surface area contributed by atoms with E-state index in [-0.39, 0.29) is 5.54 Å². The van der Waals surface area contributed by atoms with E-state index in [0.29, 0.717) is 12.5 Å². The number of pyridine rings is 1. The number of hydrogen-bond acceptors (Lipinski definition) is 3. The molecule has 21 heavy (non-hydrogen) atoms. The highest BCUT2D eigenvalue weighted by Crippen LogP contribution is 2.15. The van der Waals surface area contributed by atoms with Crippen LogP contribution in [0.4, 0.5) is 0 Å². The van der Waals surface area contributed by atoms with Gasteiger partial charge in [0, 0.05) is 28.8 Å². The van der Waals surface area contributed by atoms with Crippen LogP contribution in [0.5, 0.6) is 5.88 Å². The quantitative estimate of drug-likeness (QED) is 0.873. The first-order valence-corrected chi connectivity index (χ1v) is 7.79. The molecule has 0 fully saturated rings. The van der Waals surface area contributed by atoms with E-state index in [2.05, 4.69) is 47.0 Å². The number of nitrogens with one attached hydrogen (secondary N) is 1. The number of nitrogens with zero attached hydrogens (tertiary/aromatic N) is 1. The first kappa shape index (κ1) is 16.0. The molecule has 0 spiro atoms. The highest BCUT2D eigenvalue weighted by Gasteiger charge is 2.08. The highest BCUT2D eigenvalue weighted by molar-refractivity contribution is 9.10. The van der Waals surface area contributed by atoms with Gasteiger partial charge in [0.1, 0.15) is 6.61 Å². The van der Waals surface area contributed by atoms with Crippen LogP contribution < -0.4 is 10.1 Å². The molecule has 2 aromatic rings. The Labute approximate surface area is 134 Å². The van der Waals surface area contributed by atoms with E-state index in [1.54, 1.807) is 6.20 Å². The maximum absolute atomic E-state index is 5.76. The lowest BCUT2D eigenvalue weighted by molar-refractivity contribution is 0.293. The Kier molecular flexibility index (Phi) is 5.37. The Balaban J connectivity index is 1.95. The third-order valence-corrected chi connectivity index (χ3v) is 3.39. The lowest BCUT2D eigenvalue weighted by Crippen LogP contribution is -2.35. The van der Waals surface area contributed by atoms with Gasteiger partial charge in [-0.3, -0.25) is 0 Å². The zero-order chi connectivity index (χ0) is 15.3. The zero-order valence-electron chi connectivity index (χ0n) is 12.7. The van der Waals surface area contributed by atoms with E-state index < -0.39 is 0 Å². The van der Waals surface area contributed by atoms with E-state index in [4.69, 9.17) is 4.74 Å². The van der Waals surface area contributed by atoms with Crippen molar-refractivity contribution < 1.29 is 4.74 Å². The number of benzene rings is 1. The Morgan fingerprint density at radius 2 is 1.95 bits per heavy atom. The van der Waals surface area contributed by atoms with E-state index in [0.717, 1.165) is 16.6 Å². The standard InChI is InChI=1S/C17H21BrN2O/c1-17(2,3)20-11-13-7-8-19-16(10-13)21-12-14-5-4-6-15(18)9-14/h4-10,20H,11-12H2,1-3H3. The third-order valence-electron chi connectivity index (χ3n) is 2.90. The molecule has 0 bridgehead atoms. The summed E-state index contributed by atoms with van der Waals surface area (Å²) in [6, 6.07) is 12.1. The van der Waals surface area contributed by atoms with Crippen molar-refractivity contribution in [3.63, 3.8) is 0 Å². The molecule has 0 amide bonds. The fourth-order valence-corrected chi connectivity index (χ4v) is 2.24. The van der Waals surface area contributed by atoms with Gasteiger partial charge >= 0.3 is 0 Å². The van der Waals surface area contributed by atoms with Crippen molar-refractivity contribution in [3.05, 3.63) is 58.2 Å². The second kappa shape index (κ2) is 7.05. The molecule has 0 saturated heterocycles. The van der Waals surface area contributed by atoms with E-state index in [9.17, 15) is 0 Å². The van der Waals surface area contributed by atoms with Crippen LogP contribution in [0.2, 0.25) is 0 Å². The molecule has 0 radical (unpaired) electrons. The summed E-state index contributed by atoms with van der Waals surface area (Å²) in [6.45, 7) is 7.78. The molecule has 0 saturated carbocycles. The van der Waals surface area contributed by atoms with Gasteiger partial charge < -0.3 is 10.1 Å². The molecular formula is C17H21BrN2O. The summed E-state index contributed by atoms with van der Waals surface area (Å²) in [5, 5.41) is 3.46. The van der Waals surface area contributed by atoms with Gasteiger partial charge in [0.05, 0.1) is 0 Å². The Hall–Kier alpha value is -1.39. The molecule has 0 aliphatic heterocycles. The topological polar surface area (TPSA) is 34.2 Å². The van der Waals surface area contributed by atoms with Gasteiger partial charge in [0.2, 0.25) is 5.88 Å². The Bertz CT molecular complexity index is 593. The second-order valence-corrected chi connectivity index (χ2v) is 6.94. The molecule has 2 rings (SSSR count). The van der Waals surface area contributed by atoms with Gasteiger partial charge in [-0.1, -0.05) is 28.1 Å². The molecule has 112 valence electrons. The average molecular weight is 349 g/mol. The molecule has 1 heterocycles. The fourth-order valence-electron chi connectivity index (χ4n) is 1.79. The van der Waals surface area contributed by atoms with Crippen LogP contribution in [0, 0.1) is 0 Å². The van der Waals surface area contributed by atoms with E-state index in [1.165, 1.54) is 5.56 Å². The van der Waals surface area contributed by atoms with Gasteiger partial charge in [-0.2, -0.15) is 0 Å². The molecule has 3 nitrogen and oxygen atoms in total. The molecule has 0 unspecified atom stereocenters. The number of rotatable bonds is 5. The summed E-state index contributed by atoms with van der Waals surface area (Å²) >= 11 is 3.46. The minimum atomic E-state index is 0.0978. The zero-order valence-corrected chi connectivity index (χ0v) is 14.3. The Morgan fingerprint density at radius 3 is 2.67 bits per heavy atom. The lowest BCUT2D eigenvalue weighted by Gasteiger charge is -2.20. The molecule has 1 N–H and O–H groups in total. The number of hydrogen-bond donors (Lipinski definition) is 1. The highest BCUT2D eigenvalue weighted by atomic mass is 79.9. The number of halogens is 1. The summed E-state index contributed by atoms with van der Waals surface area (Å²) in [6.07, 6.45) is 1.79. The summed E-state index contributed by atoms with van der Waals surface area (Å²) < 4.78 is 6.82. The van der Waals surface area contributed by atoms with Gasteiger partial charge in [-0.25, -0.2) is 4.98 Å².